The Kier molecular flexibility index (Phi) is 3.66. The molecular weight excluding hydrogens is 254 g/mol. The van der Waals surface area contributed by atoms with E-state index in [0.29, 0.717) is 12.5 Å². The summed E-state index contributed by atoms with van der Waals surface area (Å²) in [5.41, 5.74) is 1.14. The van der Waals surface area contributed by atoms with Gasteiger partial charge in [0.25, 0.3) is 0 Å². The van der Waals surface area contributed by atoms with Crippen LogP contribution in [-0.2, 0) is 11.3 Å². The number of aliphatic hydroxyl groups excluding tert-OH is 1. The zero-order valence-electron chi connectivity index (χ0n) is 11.5. The second kappa shape index (κ2) is 5.44. The van der Waals surface area contributed by atoms with E-state index in [9.17, 15) is 9.90 Å². The Morgan fingerprint density at radius 3 is 2.70 bits per heavy atom. The molecule has 1 spiro atoms. The highest BCUT2D eigenvalue weighted by Gasteiger charge is 2.58. The molecule has 0 aromatic heterocycles. The van der Waals surface area contributed by atoms with Crippen molar-refractivity contribution in [2.45, 2.75) is 38.3 Å². The van der Waals surface area contributed by atoms with Gasteiger partial charge in [-0.25, -0.2) is 4.79 Å². The van der Waals surface area contributed by atoms with Crippen molar-refractivity contribution < 1.29 is 14.6 Å². The van der Waals surface area contributed by atoms with Crippen molar-refractivity contribution in [3.8, 4) is 0 Å². The molecule has 1 aromatic rings. The summed E-state index contributed by atoms with van der Waals surface area (Å²) in [6.45, 7) is 0.535. The summed E-state index contributed by atoms with van der Waals surface area (Å²) >= 11 is 0. The van der Waals surface area contributed by atoms with Crippen molar-refractivity contribution in [1.29, 1.82) is 0 Å². The van der Waals surface area contributed by atoms with Gasteiger partial charge in [-0.1, -0.05) is 36.8 Å². The maximum Gasteiger partial charge on any atom is 0.407 e. The summed E-state index contributed by atoms with van der Waals surface area (Å²) in [6.07, 6.45) is 3.95. The van der Waals surface area contributed by atoms with Crippen molar-refractivity contribution in [1.82, 2.24) is 5.32 Å². The fourth-order valence-corrected chi connectivity index (χ4v) is 3.59. The van der Waals surface area contributed by atoms with Crippen LogP contribution in [0.5, 0.6) is 0 Å². The normalized spacial score (nSPS) is 26.4. The molecule has 2 fully saturated rings. The summed E-state index contributed by atoms with van der Waals surface area (Å²) in [5, 5.41) is 12.3. The van der Waals surface area contributed by atoms with Gasteiger partial charge in [-0.05, 0) is 36.2 Å². The first-order valence-electron chi connectivity index (χ1n) is 7.33. The van der Waals surface area contributed by atoms with Gasteiger partial charge in [0.05, 0.1) is 0 Å². The molecule has 2 aliphatic rings. The van der Waals surface area contributed by atoms with Crippen LogP contribution in [0, 0.1) is 11.3 Å². The molecule has 0 saturated heterocycles. The molecule has 2 atom stereocenters. The lowest BCUT2D eigenvalue weighted by molar-refractivity contribution is -0.107. The molecular formula is C16H21NO3. The highest BCUT2D eigenvalue weighted by molar-refractivity contribution is 5.68. The van der Waals surface area contributed by atoms with Gasteiger partial charge in [-0.15, -0.1) is 0 Å². The third kappa shape index (κ3) is 2.29. The van der Waals surface area contributed by atoms with Crippen molar-refractivity contribution >= 4 is 6.09 Å². The van der Waals surface area contributed by atoms with Crippen LogP contribution >= 0.6 is 0 Å². The second-order valence-corrected chi connectivity index (χ2v) is 5.96. The Morgan fingerprint density at radius 1 is 1.35 bits per heavy atom. The van der Waals surface area contributed by atoms with E-state index in [-0.39, 0.29) is 24.2 Å². The standard InChI is InChI=1S/C16H21NO3/c18-10-13-9-14(16(13)7-4-8-16)17-15(19)20-11-12-5-2-1-3-6-12/h1-3,5-6,13-14,18H,4,7-11H2,(H,17,19). The molecule has 4 nitrogen and oxygen atoms in total. The molecule has 0 heterocycles. The minimum absolute atomic E-state index is 0.153. The SMILES string of the molecule is O=C(NC1CC(CO)C12CCC2)OCc1ccccc1. The van der Waals surface area contributed by atoms with Crippen LogP contribution in [0.2, 0.25) is 0 Å². The second-order valence-electron chi connectivity index (χ2n) is 5.96. The predicted molar refractivity (Wildman–Crippen MR) is 75.0 cm³/mol. The lowest BCUT2D eigenvalue weighted by atomic mass is 9.47. The number of ether oxygens (including phenoxy) is 1. The molecule has 108 valence electrons. The third-order valence-corrected chi connectivity index (χ3v) is 5.04. The molecule has 0 aliphatic heterocycles. The van der Waals surface area contributed by atoms with Crippen molar-refractivity contribution in [2.24, 2.45) is 11.3 Å². The zero-order valence-corrected chi connectivity index (χ0v) is 11.5. The minimum Gasteiger partial charge on any atom is -0.445 e. The predicted octanol–water partition coefficient (Wildman–Crippen LogP) is 2.46. The maximum atomic E-state index is 11.8. The van der Waals surface area contributed by atoms with Crippen LogP contribution in [0.15, 0.2) is 30.3 Å². The fourth-order valence-electron chi connectivity index (χ4n) is 3.59. The molecule has 2 aliphatic carbocycles. The van der Waals surface area contributed by atoms with Gasteiger partial charge < -0.3 is 15.2 Å². The van der Waals surface area contributed by atoms with Gasteiger partial charge in [0.1, 0.15) is 6.61 Å². The highest BCUT2D eigenvalue weighted by atomic mass is 16.5. The van der Waals surface area contributed by atoms with Crippen LogP contribution in [-0.4, -0.2) is 23.8 Å². The van der Waals surface area contributed by atoms with Crippen molar-refractivity contribution in [3.05, 3.63) is 35.9 Å². The number of aliphatic hydroxyl groups is 1. The van der Waals surface area contributed by atoms with E-state index in [4.69, 9.17) is 4.74 Å². The van der Waals surface area contributed by atoms with Gasteiger partial charge >= 0.3 is 6.09 Å². The summed E-state index contributed by atoms with van der Waals surface area (Å²) in [4.78, 5) is 11.8. The number of rotatable bonds is 4. The van der Waals surface area contributed by atoms with Crippen LogP contribution in [0.1, 0.15) is 31.2 Å². The number of alkyl carbamates (subject to hydrolysis) is 1. The van der Waals surface area contributed by atoms with E-state index in [1.54, 1.807) is 0 Å². The number of carbonyl (C=O) groups excluding carboxylic acids is 1. The van der Waals surface area contributed by atoms with E-state index >= 15 is 0 Å². The fraction of sp³-hybridized carbons (Fsp3) is 0.562. The van der Waals surface area contributed by atoms with Crippen molar-refractivity contribution in [3.63, 3.8) is 0 Å². The van der Waals surface area contributed by atoms with E-state index in [1.165, 1.54) is 6.42 Å². The maximum absolute atomic E-state index is 11.8. The smallest absolute Gasteiger partial charge is 0.407 e. The summed E-state index contributed by atoms with van der Waals surface area (Å²) in [7, 11) is 0. The van der Waals surface area contributed by atoms with Gasteiger partial charge in [0.15, 0.2) is 0 Å². The Labute approximate surface area is 119 Å². The van der Waals surface area contributed by atoms with Crippen LogP contribution in [0.25, 0.3) is 0 Å². The van der Waals surface area contributed by atoms with E-state index in [2.05, 4.69) is 5.32 Å². The van der Waals surface area contributed by atoms with Gasteiger partial charge in [-0.3, -0.25) is 0 Å². The molecule has 20 heavy (non-hydrogen) atoms. The zero-order chi connectivity index (χ0) is 14.0. The average molecular weight is 275 g/mol. The van der Waals surface area contributed by atoms with E-state index in [1.807, 2.05) is 30.3 Å². The van der Waals surface area contributed by atoms with Crippen LogP contribution in [0.3, 0.4) is 0 Å². The number of nitrogens with one attached hydrogen (secondary N) is 1. The highest BCUT2D eigenvalue weighted by Crippen LogP contribution is 2.59. The van der Waals surface area contributed by atoms with Gasteiger partial charge in [-0.2, -0.15) is 0 Å². The Bertz CT molecular complexity index is 470. The number of hydrogen-bond acceptors (Lipinski definition) is 3. The number of hydrogen-bond donors (Lipinski definition) is 2. The molecule has 2 N–H and O–H groups in total. The molecule has 2 unspecified atom stereocenters. The Morgan fingerprint density at radius 2 is 2.10 bits per heavy atom. The molecule has 0 radical (unpaired) electrons. The topological polar surface area (TPSA) is 58.6 Å². The largest absolute Gasteiger partial charge is 0.445 e. The van der Waals surface area contributed by atoms with E-state index in [0.717, 1.165) is 24.8 Å². The summed E-state index contributed by atoms with van der Waals surface area (Å²) in [6, 6.07) is 9.84. The van der Waals surface area contributed by atoms with Gasteiger partial charge in [0, 0.05) is 12.6 Å². The van der Waals surface area contributed by atoms with Gasteiger partial charge in [0.2, 0.25) is 0 Å². The average Bonchev–Trinajstić information content (AvgIpc) is 2.40. The summed E-state index contributed by atoms with van der Waals surface area (Å²) < 4.78 is 5.25. The van der Waals surface area contributed by atoms with Crippen LogP contribution in [0.4, 0.5) is 4.79 Å². The quantitative estimate of drug-likeness (QED) is 0.887. The third-order valence-electron chi connectivity index (χ3n) is 5.04. The lowest BCUT2D eigenvalue weighted by Gasteiger charge is -2.61. The molecule has 3 rings (SSSR count). The molecule has 1 amide bonds. The summed E-state index contributed by atoms with van der Waals surface area (Å²) in [5.74, 6) is 0.357. The van der Waals surface area contributed by atoms with Crippen LogP contribution < -0.4 is 5.32 Å². The lowest BCUT2D eigenvalue weighted by Crippen LogP contribution is -2.65. The molecule has 0 bridgehead atoms. The van der Waals surface area contributed by atoms with E-state index < -0.39 is 0 Å². The first-order chi connectivity index (χ1) is 9.74. The number of benzene rings is 1. The molecule has 1 aromatic carbocycles. The number of carbonyl (C=O) groups is 1. The monoisotopic (exact) mass is 275 g/mol. The molecule has 4 heteroatoms. The Hall–Kier alpha value is -1.55. The number of amides is 1. The minimum atomic E-state index is -0.346. The van der Waals surface area contributed by atoms with Crippen molar-refractivity contribution in [2.75, 3.05) is 6.61 Å². The first-order valence-corrected chi connectivity index (χ1v) is 7.33. The Balaban J connectivity index is 1.48. The first kappa shape index (κ1) is 13.4. The molecule has 2 saturated carbocycles.